The molecule has 0 aliphatic carbocycles. The van der Waals surface area contributed by atoms with Gasteiger partial charge in [0.1, 0.15) is 18.3 Å². The second-order valence-electron chi connectivity index (χ2n) is 6.92. The molecule has 1 aromatic carbocycles. The lowest BCUT2D eigenvalue weighted by Crippen LogP contribution is -2.48. The van der Waals surface area contributed by atoms with Crippen LogP contribution in [0.1, 0.15) is 29.8 Å². The van der Waals surface area contributed by atoms with Crippen LogP contribution < -0.4 is 16.0 Å². The van der Waals surface area contributed by atoms with Gasteiger partial charge in [-0.3, -0.25) is 9.59 Å². The number of anilines is 1. The summed E-state index contributed by atoms with van der Waals surface area (Å²) in [6, 6.07) is 0. The van der Waals surface area contributed by atoms with Gasteiger partial charge in [0.05, 0.1) is 27.5 Å². The van der Waals surface area contributed by atoms with Crippen LogP contribution in [0.2, 0.25) is 0 Å². The quantitative estimate of drug-likeness (QED) is 0.138. The summed E-state index contributed by atoms with van der Waals surface area (Å²) in [7, 11) is 1.57. The van der Waals surface area contributed by atoms with Crippen LogP contribution in [-0.2, 0) is 16.1 Å². The average Bonchev–Trinajstić information content (AvgIpc) is 2.74. The van der Waals surface area contributed by atoms with Crippen LogP contribution in [0, 0.1) is 10.7 Å². The highest BCUT2D eigenvalue weighted by Crippen LogP contribution is 2.35. The summed E-state index contributed by atoms with van der Waals surface area (Å²) in [6.07, 6.45) is -5.65. The Labute approximate surface area is 237 Å². The molecule has 0 saturated carbocycles. The number of carboxylic acid groups (broad SMARTS) is 1. The largest absolute Gasteiger partial charge is 0.478 e. The van der Waals surface area contributed by atoms with E-state index in [1.807, 2.05) is 67.8 Å². The zero-order valence-electron chi connectivity index (χ0n) is 18.5. The number of nitrogens with one attached hydrogen (secondary N) is 3. The topological polar surface area (TPSA) is 209 Å². The van der Waals surface area contributed by atoms with Crippen molar-refractivity contribution in [3.8, 4) is 0 Å². The van der Waals surface area contributed by atoms with Crippen LogP contribution in [-0.4, -0.2) is 93.0 Å². The summed E-state index contributed by atoms with van der Waals surface area (Å²) in [5.74, 6) is -1.57. The molecule has 194 valence electrons. The van der Waals surface area contributed by atoms with Gasteiger partial charge in [0.15, 0.2) is 0 Å². The Bertz CT molecular complexity index is 873. The fourth-order valence-corrected chi connectivity index (χ4v) is 6.73. The molecule has 0 bridgehead atoms. The van der Waals surface area contributed by atoms with Gasteiger partial charge in [0.2, 0.25) is 11.8 Å². The molecule has 0 aliphatic rings. The molecule has 4 atom stereocenters. The van der Waals surface area contributed by atoms with Crippen molar-refractivity contribution >= 4 is 91.2 Å². The molecule has 0 aromatic heterocycles. The van der Waals surface area contributed by atoms with Crippen molar-refractivity contribution in [3.05, 3.63) is 21.8 Å². The molecule has 0 unspecified atom stereocenters. The molecular formula is C19H28I3N3O9. The average molecular weight is 823 g/mol. The van der Waals surface area contributed by atoms with Crippen molar-refractivity contribution < 1.29 is 45.0 Å². The second-order valence-corrected chi connectivity index (χ2v) is 10.2. The van der Waals surface area contributed by atoms with Gasteiger partial charge in [0, 0.05) is 39.6 Å². The van der Waals surface area contributed by atoms with E-state index in [2.05, 4.69) is 16.0 Å². The predicted molar refractivity (Wildman–Crippen MR) is 148 cm³/mol. The Kier molecular flexibility index (Phi) is 16.1. The van der Waals surface area contributed by atoms with Crippen molar-refractivity contribution in [2.24, 2.45) is 0 Å². The third-order valence-electron chi connectivity index (χ3n) is 4.18. The first-order valence-electron chi connectivity index (χ1n) is 9.63. The van der Waals surface area contributed by atoms with E-state index in [4.69, 9.17) is 20.4 Å². The SMILES string of the molecule is CC(=O)NCc1c(I)c(NC(C)=O)c(I)c(C(=O)O)c1I.CNC[C@@H](O)[C@H](O)[C@@H](O)[C@@H](O)CO. The van der Waals surface area contributed by atoms with Crippen LogP contribution in [0.3, 0.4) is 0 Å². The standard InChI is InChI=1S/C12H11I3N2O4.C7H17NO5/c1-4(18)16-3-6-8(13)7(12(20)21)10(15)11(9(6)14)17-5(2)19;1-8-2-4(10)6(12)7(13)5(11)3-9/h3H2,1-2H3,(H,16,18)(H,17,19)(H,20,21);4-13H,2-3H2,1H3/t;4-,5+,6+,7+/m.1/s1. The zero-order chi connectivity index (χ0) is 26.7. The lowest BCUT2D eigenvalue weighted by atomic mass is 10.0. The van der Waals surface area contributed by atoms with Crippen LogP contribution >= 0.6 is 67.8 Å². The maximum atomic E-state index is 11.5. The van der Waals surface area contributed by atoms with E-state index in [9.17, 15) is 24.6 Å². The van der Waals surface area contributed by atoms with Gasteiger partial charge in [-0.1, -0.05) is 0 Å². The highest BCUT2D eigenvalue weighted by molar-refractivity contribution is 14.1. The maximum absolute atomic E-state index is 11.5. The molecule has 2 amide bonds. The number of carboxylic acids is 1. The number of benzene rings is 1. The number of halogens is 3. The van der Waals surface area contributed by atoms with Crippen LogP contribution in [0.25, 0.3) is 0 Å². The molecule has 0 heterocycles. The van der Waals surface area contributed by atoms with Crippen molar-refractivity contribution in [2.45, 2.75) is 44.8 Å². The van der Waals surface area contributed by atoms with Gasteiger partial charge in [-0.05, 0) is 74.8 Å². The third-order valence-corrected chi connectivity index (χ3v) is 7.64. The number of likely N-dealkylation sites (N-methyl/N-ethyl adjacent to an activating group) is 1. The van der Waals surface area contributed by atoms with E-state index < -0.39 is 37.0 Å². The molecule has 0 spiro atoms. The third kappa shape index (κ3) is 10.3. The van der Waals surface area contributed by atoms with Crippen LogP contribution in [0.15, 0.2) is 0 Å². The number of carbonyl (C=O) groups is 3. The summed E-state index contributed by atoms with van der Waals surface area (Å²) < 4.78 is 1.74. The first kappa shape index (κ1) is 33.6. The molecule has 12 nitrogen and oxygen atoms in total. The molecular weight excluding hydrogens is 795 g/mol. The predicted octanol–water partition coefficient (Wildman–Crippen LogP) is -0.565. The fourth-order valence-electron chi connectivity index (χ4n) is 2.45. The molecule has 0 fully saturated rings. The first-order valence-corrected chi connectivity index (χ1v) is 12.9. The molecule has 9 N–H and O–H groups in total. The molecule has 0 saturated heterocycles. The highest BCUT2D eigenvalue weighted by atomic mass is 127. The Hall–Kier alpha value is -0.420. The van der Waals surface area contributed by atoms with E-state index in [1.165, 1.54) is 13.8 Å². The minimum Gasteiger partial charge on any atom is -0.478 e. The Morgan fingerprint density at radius 2 is 1.41 bits per heavy atom. The Balaban J connectivity index is 0.000000722. The zero-order valence-corrected chi connectivity index (χ0v) is 24.9. The van der Waals surface area contributed by atoms with E-state index in [-0.39, 0.29) is 30.5 Å². The van der Waals surface area contributed by atoms with E-state index in [0.29, 0.717) is 18.4 Å². The Morgan fingerprint density at radius 1 is 0.882 bits per heavy atom. The second kappa shape index (κ2) is 16.3. The Morgan fingerprint density at radius 3 is 1.82 bits per heavy atom. The minimum atomic E-state index is -1.55. The monoisotopic (exact) mass is 823 g/mol. The van der Waals surface area contributed by atoms with E-state index >= 15 is 0 Å². The minimum absolute atomic E-state index is 0.0936. The maximum Gasteiger partial charge on any atom is 0.337 e. The van der Waals surface area contributed by atoms with Crippen LogP contribution in [0.5, 0.6) is 0 Å². The summed E-state index contributed by atoms with van der Waals surface area (Å²) in [6.45, 7) is 2.38. The van der Waals surface area contributed by atoms with Crippen LogP contribution in [0.4, 0.5) is 5.69 Å². The number of aliphatic hydroxyl groups is 5. The summed E-state index contributed by atoms with van der Waals surface area (Å²) in [5, 5.41) is 62.2. The summed E-state index contributed by atoms with van der Waals surface area (Å²) >= 11 is 5.90. The normalized spacial score (nSPS) is 14.2. The lowest BCUT2D eigenvalue weighted by Gasteiger charge is -2.25. The smallest absolute Gasteiger partial charge is 0.337 e. The molecule has 15 heteroatoms. The van der Waals surface area contributed by atoms with Crippen molar-refractivity contribution in [1.82, 2.24) is 10.6 Å². The highest BCUT2D eigenvalue weighted by Gasteiger charge is 2.29. The van der Waals surface area contributed by atoms with Gasteiger partial charge >= 0.3 is 5.97 Å². The fraction of sp³-hybridized carbons (Fsp3) is 0.526. The van der Waals surface area contributed by atoms with Gasteiger partial charge in [-0.2, -0.15) is 0 Å². The van der Waals surface area contributed by atoms with Gasteiger partial charge in [-0.25, -0.2) is 4.79 Å². The number of hydrogen-bond acceptors (Lipinski definition) is 9. The number of amides is 2. The molecule has 1 aromatic rings. The van der Waals surface area contributed by atoms with E-state index in [0.717, 1.165) is 3.57 Å². The number of aromatic carboxylic acids is 1. The van der Waals surface area contributed by atoms with Gasteiger partial charge in [-0.15, -0.1) is 0 Å². The number of carbonyl (C=O) groups excluding carboxylic acids is 2. The van der Waals surface area contributed by atoms with Gasteiger partial charge < -0.3 is 46.6 Å². The van der Waals surface area contributed by atoms with Crippen molar-refractivity contribution in [1.29, 1.82) is 0 Å². The van der Waals surface area contributed by atoms with E-state index in [1.54, 1.807) is 7.05 Å². The molecule has 0 aliphatic heterocycles. The molecule has 0 radical (unpaired) electrons. The van der Waals surface area contributed by atoms with Crippen molar-refractivity contribution in [3.63, 3.8) is 0 Å². The van der Waals surface area contributed by atoms with Crippen molar-refractivity contribution in [2.75, 3.05) is 25.5 Å². The van der Waals surface area contributed by atoms with Gasteiger partial charge in [0.25, 0.3) is 0 Å². The summed E-state index contributed by atoms with van der Waals surface area (Å²) in [5.41, 5.74) is 1.26. The summed E-state index contributed by atoms with van der Waals surface area (Å²) in [4.78, 5) is 33.9. The number of rotatable bonds is 10. The number of hydrogen-bond donors (Lipinski definition) is 9. The lowest BCUT2D eigenvalue weighted by molar-refractivity contribution is -0.119. The first-order chi connectivity index (χ1) is 15.7. The number of aliphatic hydroxyl groups excluding tert-OH is 5. The molecule has 34 heavy (non-hydrogen) atoms. The molecule has 1 rings (SSSR count).